The standard InChI is InChI=1S/C21H23N3O2/c1-4-23-14-18(19(25)17-12-11-15(3)22-20(17)23)21(26)24(5-2)13-16-9-7-6-8-10-16/h6-12,14H,4-5,13H2,1-3H3. The number of pyridine rings is 2. The fourth-order valence-electron chi connectivity index (χ4n) is 3.05. The highest BCUT2D eigenvalue weighted by atomic mass is 16.2. The molecular weight excluding hydrogens is 326 g/mol. The van der Waals surface area contributed by atoms with Crippen LogP contribution in [0.1, 0.15) is 35.5 Å². The molecule has 1 aromatic carbocycles. The summed E-state index contributed by atoms with van der Waals surface area (Å²) < 4.78 is 1.87. The second-order valence-electron chi connectivity index (χ2n) is 6.29. The van der Waals surface area contributed by atoms with E-state index in [1.54, 1.807) is 23.2 Å². The number of hydrogen-bond donors (Lipinski definition) is 0. The molecule has 0 aliphatic heterocycles. The van der Waals surface area contributed by atoms with Gasteiger partial charge in [0.1, 0.15) is 11.2 Å². The quantitative estimate of drug-likeness (QED) is 0.709. The summed E-state index contributed by atoms with van der Waals surface area (Å²) >= 11 is 0. The van der Waals surface area contributed by atoms with Gasteiger partial charge in [-0.05, 0) is 38.5 Å². The highest BCUT2D eigenvalue weighted by molar-refractivity contribution is 5.96. The van der Waals surface area contributed by atoms with Crippen molar-refractivity contribution < 1.29 is 4.79 Å². The highest BCUT2D eigenvalue weighted by Crippen LogP contribution is 2.14. The predicted molar refractivity (Wildman–Crippen MR) is 103 cm³/mol. The molecule has 1 amide bonds. The van der Waals surface area contributed by atoms with Crippen LogP contribution in [0.4, 0.5) is 0 Å². The van der Waals surface area contributed by atoms with Gasteiger partial charge in [0.25, 0.3) is 5.91 Å². The fourth-order valence-corrected chi connectivity index (χ4v) is 3.05. The molecule has 134 valence electrons. The molecule has 3 aromatic rings. The van der Waals surface area contributed by atoms with Gasteiger partial charge in [-0.3, -0.25) is 9.59 Å². The van der Waals surface area contributed by atoms with Crippen LogP contribution in [0, 0.1) is 6.92 Å². The number of nitrogens with zero attached hydrogens (tertiary/aromatic N) is 3. The van der Waals surface area contributed by atoms with Crippen LogP contribution in [0.2, 0.25) is 0 Å². The lowest BCUT2D eigenvalue weighted by molar-refractivity contribution is 0.0750. The van der Waals surface area contributed by atoms with E-state index in [2.05, 4.69) is 4.98 Å². The lowest BCUT2D eigenvalue weighted by Gasteiger charge is -2.21. The minimum Gasteiger partial charge on any atom is -0.334 e. The molecule has 5 heteroatoms. The highest BCUT2D eigenvalue weighted by Gasteiger charge is 2.20. The van der Waals surface area contributed by atoms with Crippen molar-refractivity contribution >= 4 is 16.9 Å². The molecule has 2 heterocycles. The van der Waals surface area contributed by atoms with E-state index in [-0.39, 0.29) is 16.9 Å². The number of carbonyl (C=O) groups excluding carboxylic acids is 1. The normalized spacial score (nSPS) is 10.9. The van der Waals surface area contributed by atoms with Gasteiger partial charge in [0.15, 0.2) is 0 Å². The number of amides is 1. The van der Waals surface area contributed by atoms with Crippen LogP contribution >= 0.6 is 0 Å². The van der Waals surface area contributed by atoms with Crippen molar-refractivity contribution in [3.05, 3.63) is 75.7 Å². The van der Waals surface area contributed by atoms with Crippen LogP contribution in [0.25, 0.3) is 11.0 Å². The Kier molecular flexibility index (Phi) is 5.16. The first-order valence-electron chi connectivity index (χ1n) is 8.89. The maximum absolute atomic E-state index is 13.1. The zero-order valence-corrected chi connectivity index (χ0v) is 15.4. The van der Waals surface area contributed by atoms with Crippen LogP contribution in [0.15, 0.2) is 53.5 Å². The first kappa shape index (κ1) is 17.9. The van der Waals surface area contributed by atoms with Gasteiger partial charge in [0.2, 0.25) is 5.43 Å². The monoisotopic (exact) mass is 349 g/mol. The van der Waals surface area contributed by atoms with Crippen LogP contribution < -0.4 is 5.43 Å². The molecule has 0 saturated heterocycles. The summed E-state index contributed by atoms with van der Waals surface area (Å²) in [7, 11) is 0. The molecule has 0 saturated carbocycles. The molecule has 3 rings (SSSR count). The average molecular weight is 349 g/mol. The second kappa shape index (κ2) is 7.52. The third-order valence-electron chi connectivity index (χ3n) is 4.52. The largest absolute Gasteiger partial charge is 0.334 e. The number of rotatable bonds is 5. The summed E-state index contributed by atoms with van der Waals surface area (Å²) in [4.78, 5) is 32.2. The van der Waals surface area contributed by atoms with Gasteiger partial charge in [0, 0.05) is 31.5 Å². The first-order chi connectivity index (χ1) is 12.5. The molecule has 0 aliphatic rings. The predicted octanol–water partition coefficient (Wildman–Crippen LogP) is 3.39. The Hall–Kier alpha value is -2.95. The number of aromatic nitrogens is 2. The third kappa shape index (κ3) is 3.38. The van der Waals surface area contributed by atoms with Crippen molar-refractivity contribution in [2.45, 2.75) is 33.9 Å². The second-order valence-corrected chi connectivity index (χ2v) is 6.29. The van der Waals surface area contributed by atoms with Crippen molar-refractivity contribution in [3.63, 3.8) is 0 Å². The SMILES string of the molecule is CCN(Cc1ccccc1)C(=O)c1cn(CC)c2nc(C)ccc2c1=O. The van der Waals surface area contributed by atoms with E-state index in [0.29, 0.717) is 30.7 Å². The summed E-state index contributed by atoms with van der Waals surface area (Å²) in [6, 6.07) is 13.4. The van der Waals surface area contributed by atoms with Gasteiger partial charge >= 0.3 is 0 Å². The van der Waals surface area contributed by atoms with E-state index in [1.165, 1.54) is 0 Å². The molecular formula is C21H23N3O2. The Labute approximate surface area is 152 Å². The maximum atomic E-state index is 13.1. The topological polar surface area (TPSA) is 55.2 Å². The summed E-state index contributed by atoms with van der Waals surface area (Å²) in [5, 5.41) is 0.485. The van der Waals surface area contributed by atoms with Crippen molar-refractivity contribution in [1.29, 1.82) is 0 Å². The fraction of sp³-hybridized carbons (Fsp3) is 0.286. The summed E-state index contributed by atoms with van der Waals surface area (Å²) in [6.45, 7) is 7.43. The van der Waals surface area contributed by atoms with E-state index >= 15 is 0 Å². The Bertz CT molecular complexity index is 993. The van der Waals surface area contributed by atoms with Crippen LogP contribution in [0.5, 0.6) is 0 Å². The molecule has 0 fully saturated rings. The molecule has 2 aromatic heterocycles. The first-order valence-corrected chi connectivity index (χ1v) is 8.89. The van der Waals surface area contributed by atoms with Gasteiger partial charge in [-0.2, -0.15) is 0 Å². The lowest BCUT2D eigenvalue weighted by atomic mass is 10.1. The smallest absolute Gasteiger partial charge is 0.259 e. The molecule has 5 nitrogen and oxygen atoms in total. The molecule has 26 heavy (non-hydrogen) atoms. The van der Waals surface area contributed by atoms with Gasteiger partial charge in [-0.15, -0.1) is 0 Å². The molecule has 0 radical (unpaired) electrons. The summed E-state index contributed by atoms with van der Waals surface area (Å²) in [5.74, 6) is -0.244. The van der Waals surface area contributed by atoms with Gasteiger partial charge in [-0.25, -0.2) is 4.98 Å². The molecule has 0 atom stereocenters. The van der Waals surface area contributed by atoms with Crippen molar-refractivity contribution in [1.82, 2.24) is 14.5 Å². The van der Waals surface area contributed by atoms with Gasteiger partial charge in [-0.1, -0.05) is 30.3 Å². The van der Waals surface area contributed by atoms with E-state index in [4.69, 9.17) is 0 Å². The third-order valence-corrected chi connectivity index (χ3v) is 4.52. The summed E-state index contributed by atoms with van der Waals surface area (Å²) in [5.41, 5.74) is 2.45. The Morgan fingerprint density at radius 2 is 1.85 bits per heavy atom. The molecule has 0 N–H and O–H groups in total. The lowest BCUT2D eigenvalue weighted by Crippen LogP contribution is -2.34. The van der Waals surface area contributed by atoms with Crippen LogP contribution in [0.3, 0.4) is 0 Å². The molecule has 0 spiro atoms. The Balaban J connectivity index is 2.05. The number of fused-ring (bicyclic) bond motifs is 1. The van der Waals surface area contributed by atoms with Crippen LogP contribution in [-0.4, -0.2) is 26.9 Å². The van der Waals surface area contributed by atoms with E-state index in [1.807, 2.05) is 55.7 Å². The maximum Gasteiger partial charge on any atom is 0.259 e. The van der Waals surface area contributed by atoms with Crippen molar-refractivity contribution in [2.75, 3.05) is 6.54 Å². The average Bonchev–Trinajstić information content (AvgIpc) is 2.66. The Morgan fingerprint density at radius 1 is 1.12 bits per heavy atom. The van der Waals surface area contributed by atoms with Crippen molar-refractivity contribution in [3.8, 4) is 0 Å². The molecule has 0 aliphatic carbocycles. The molecule has 0 bridgehead atoms. The van der Waals surface area contributed by atoms with Gasteiger partial charge in [0.05, 0.1) is 5.39 Å². The van der Waals surface area contributed by atoms with Gasteiger partial charge < -0.3 is 9.47 Å². The number of hydrogen-bond acceptors (Lipinski definition) is 3. The minimum atomic E-state index is -0.256. The van der Waals surface area contributed by atoms with Crippen LogP contribution in [-0.2, 0) is 13.1 Å². The van der Waals surface area contributed by atoms with E-state index < -0.39 is 0 Å². The minimum absolute atomic E-state index is 0.197. The number of aryl methyl sites for hydroxylation is 2. The zero-order chi connectivity index (χ0) is 18.7. The molecule has 0 unspecified atom stereocenters. The van der Waals surface area contributed by atoms with E-state index in [0.717, 1.165) is 11.3 Å². The number of carbonyl (C=O) groups is 1. The summed E-state index contributed by atoms with van der Waals surface area (Å²) in [6.07, 6.45) is 1.65. The van der Waals surface area contributed by atoms with Crippen molar-refractivity contribution in [2.24, 2.45) is 0 Å². The number of benzene rings is 1. The Morgan fingerprint density at radius 3 is 2.50 bits per heavy atom. The van der Waals surface area contributed by atoms with E-state index in [9.17, 15) is 9.59 Å². The zero-order valence-electron chi connectivity index (χ0n) is 15.4.